The van der Waals surface area contributed by atoms with Crippen LogP contribution in [0.1, 0.15) is 29.9 Å². The molecule has 4 rings (SSSR count). The Morgan fingerprint density at radius 1 is 1.06 bits per heavy atom. The Bertz CT molecular complexity index is 1140. The number of nitrogens with zero attached hydrogens (tertiary/aromatic N) is 5. The van der Waals surface area contributed by atoms with Crippen molar-refractivity contribution in [2.75, 3.05) is 37.5 Å². The molecule has 32 heavy (non-hydrogen) atoms. The van der Waals surface area contributed by atoms with Crippen LogP contribution in [-0.4, -0.2) is 65.2 Å². The van der Waals surface area contributed by atoms with Gasteiger partial charge in [0.05, 0.1) is 42.9 Å². The second-order valence-corrected chi connectivity index (χ2v) is 7.93. The van der Waals surface area contributed by atoms with Crippen LogP contribution in [0.15, 0.2) is 24.5 Å². The highest BCUT2D eigenvalue weighted by atomic mass is 16.5. The number of ether oxygens (including phenoxy) is 2. The first-order chi connectivity index (χ1) is 15.4. The number of aryl methyl sites for hydroxylation is 1. The number of fused-ring (bicyclic) bond motifs is 1. The summed E-state index contributed by atoms with van der Waals surface area (Å²) in [6.07, 6.45) is 3.24. The van der Waals surface area contributed by atoms with E-state index in [2.05, 4.69) is 49.3 Å². The number of rotatable bonds is 5. The quantitative estimate of drug-likeness (QED) is 0.620. The van der Waals surface area contributed by atoms with Crippen LogP contribution in [0.4, 0.5) is 11.4 Å². The predicted octanol–water partition coefficient (Wildman–Crippen LogP) is 2.18. The summed E-state index contributed by atoms with van der Waals surface area (Å²) in [6, 6.07) is 4.87. The van der Waals surface area contributed by atoms with Crippen molar-refractivity contribution < 1.29 is 14.3 Å². The molecule has 0 unspecified atom stereocenters. The van der Waals surface area contributed by atoms with Gasteiger partial charge in [-0.3, -0.25) is 4.79 Å². The summed E-state index contributed by atoms with van der Waals surface area (Å²) in [6.45, 7) is 7.79. The van der Waals surface area contributed by atoms with Crippen LogP contribution in [-0.2, 0) is 0 Å². The van der Waals surface area contributed by atoms with Gasteiger partial charge in [0, 0.05) is 42.4 Å². The molecule has 0 aliphatic carbocycles. The van der Waals surface area contributed by atoms with Crippen molar-refractivity contribution >= 4 is 28.2 Å². The second-order valence-electron chi connectivity index (χ2n) is 7.93. The monoisotopic (exact) mass is 437 g/mol. The van der Waals surface area contributed by atoms with E-state index in [1.807, 2.05) is 6.07 Å². The molecule has 2 aromatic heterocycles. The van der Waals surface area contributed by atoms with Crippen LogP contribution in [0.2, 0.25) is 0 Å². The summed E-state index contributed by atoms with van der Waals surface area (Å²) in [5.74, 6) is -0.318. The average molecular weight is 438 g/mol. The zero-order chi connectivity index (χ0) is 22.8. The minimum Gasteiger partial charge on any atom is -0.467 e. The smallest absolute Gasteiger partial charge is 0.316 e. The fourth-order valence-electron chi connectivity index (χ4n) is 4.03. The van der Waals surface area contributed by atoms with E-state index in [0.29, 0.717) is 34.5 Å². The Morgan fingerprint density at radius 3 is 2.38 bits per heavy atom. The van der Waals surface area contributed by atoms with Gasteiger partial charge in [0.2, 0.25) is 0 Å². The zero-order valence-electron chi connectivity index (χ0n) is 18.8. The Morgan fingerprint density at radius 2 is 1.72 bits per heavy atom. The average Bonchev–Trinajstić information content (AvgIpc) is 2.78. The Kier molecular flexibility index (Phi) is 6.04. The first kappa shape index (κ1) is 21.7. The fraction of sp³-hybridized carbons (Fsp3) is 0.409. The summed E-state index contributed by atoms with van der Waals surface area (Å²) in [5.41, 5.74) is 3.03. The molecule has 1 aliphatic rings. The summed E-state index contributed by atoms with van der Waals surface area (Å²) >= 11 is 0. The standard InChI is InChI=1S/C22H27N7O3/c1-12-10-29(11-13(2)25-12)18-7-6-15(19-16(18)8-23-22(28-19)32-5)20(30)27-17-9-24-21(31-4)26-14(17)3/h6-9,12-13,25H,10-11H2,1-5H3,(H,27,30)/t12-,13-/m1/s1. The maximum Gasteiger partial charge on any atom is 0.316 e. The molecular formula is C22H27N7O3. The molecule has 0 saturated carbocycles. The number of amides is 1. The van der Waals surface area contributed by atoms with Gasteiger partial charge in [0.1, 0.15) is 0 Å². The van der Waals surface area contributed by atoms with Crippen LogP contribution in [0.25, 0.3) is 10.9 Å². The highest BCUT2D eigenvalue weighted by molar-refractivity contribution is 6.14. The van der Waals surface area contributed by atoms with E-state index in [1.165, 1.54) is 20.4 Å². The van der Waals surface area contributed by atoms with Crippen LogP contribution >= 0.6 is 0 Å². The first-order valence-electron chi connectivity index (χ1n) is 10.4. The highest BCUT2D eigenvalue weighted by Gasteiger charge is 2.25. The lowest BCUT2D eigenvalue weighted by Crippen LogP contribution is -2.54. The number of aromatic nitrogens is 4. The Balaban J connectivity index is 1.74. The predicted molar refractivity (Wildman–Crippen MR) is 122 cm³/mol. The van der Waals surface area contributed by atoms with Gasteiger partial charge >= 0.3 is 12.0 Å². The van der Waals surface area contributed by atoms with Crippen LogP contribution in [0, 0.1) is 6.92 Å². The van der Waals surface area contributed by atoms with E-state index < -0.39 is 0 Å². The van der Waals surface area contributed by atoms with Gasteiger partial charge in [0.15, 0.2) is 0 Å². The molecule has 3 heterocycles. The van der Waals surface area contributed by atoms with Gasteiger partial charge < -0.3 is 25.0 Å². The highest BCUT2D eigenvalue weighted by Crippen LogP contribution is 2.31. The summed E-state index contributed by atoms with van der Waals surface area (Å²) in [4.78, 5) is 32.6. The number of carbonyl (C=O) groups excluding carboxylic acids is 1. The maximum atomic E-state index is 13.2. The maximum absolute atomic E-state index is 13.2. The van der Waals surface area contributed by atoms with Crippen molar-refractivity contribution in [3.05, 3.63) is 35.8 Å². The lowest BCUT2D eigenvalue weighted by atomic mass is 10.0. The van der Waals surface area contributed by atoms with Crippen LogP contribution < -0.4 is 25.0 Å². The lowest BCUT2D eigenvalue weighted by molar-refractivity contribution is 0.102. The van der Waals surface area contributed by atoms with Gasteiger partial charge in [-0.15, -0.1) is 0 Å². The minimum absolute atomic E-state index is 0.203. The summed E-state index contributed by atoms with van der Waals surface area (Å²) in [5, 5.41) is 7.21. The fourth-order valence-corrected chi connectivity index (χ4v) is 4.03. The normalized spacial score (nSPS) is 18.5. The molecule has 0 bridgehead atoms. The van der Waals surface area contributed by atoms with Crippen molar-refractivity contribution in [1.82, 2.24) is 25.3 Å². The van der Waals surface area contributed by atoms with E-state index in [9.17, 15) is 4.79 Å². The molecular weight excluding hydrogens is 410 g/mol. The van der Waals surface area contributed by atoms with Crippen LogP contribution in [0.3, 0.4) is 0 Å². The molecule has 10 nitrogen and oxygen atoms in total. The zero-order valence-corrected chi connectivity index (χ0v) is 18.8. The van der Waals surface area contributed by atoms with E-state index in [-0.39, 0.29) is 17.9 Å². The number of methoxy groups -OCH3 is 2. The van der Waals surface area contributed by atoms with Gasteiger partial charge in [-0.2, -0.15) is 9.97 Å². The molecule has 0 spiro atoms. The van der Waals surface area contributed by atoms with E-state index in [4.69, 9.17) is 9.47 Å². The topological polar surface area (TPSA) is 114 Å². The molecule has 0 radical (unpaired) electrons. The van der Waals surface area contributed by atoms with Gasteiger partial charge in [-0.25, -0.2) is 9.97 Å². The number of piperazine rings is 1. The first-order valence-corrected chi connectivity index (χ1v) is 10.4. The molecule has 3 aromatic rings. The van der Waals surface area contributed by atoms with Crippen molar-refractivity contribution in [3.63, 3.8) is 0 Å². The van der Waals surface area contributed by atoms with Crippen molar-refractivity contribution in [1.29, 1.82) is 0 Å². The SMILES string of the molecule is COc1ncc(NC(=O)c2ccc(N3C[C@@H](C)N[C@H](C)C3)c3cnc(OC)nc23)c(C)n1. The molecule has 10 heteroatoms. The third-order valence-corrected chi connectivity index (χ3v) is 5.42. The van der Waals surface area contributed by atoms with E-state index in [0.717, 1.165) is 24.2 Å². The van der Waals surface area contributed by atoms with Gasteiger partial charge in [-0.05, 0) is 32.9 Å². The Hall–Kier alpha value is -3.53. The molecule has 1 aliphatic heterocycles. The minimum atomic E-state index is -0.318. The number of benzene rings is 1. The molecule has 1 amide bonds. The molecule has 1 fully saturated rings. The number of hydrogen-bond acceptors (Lipinski definition) is 9. The molecule has 2 N–H and O–H groups in total. The van der Waals surface area contributed by atoms with Gasteiger partial charge in [-0.1, -0.05) is 0 Å². The van der Waals surface area contributed by atoms with Crippen molar-refractivity contribution in [3.8, 4) is 12.0 Å². The third-order valence-electron chi connectivity index (χ3n) is 5.42. The molecule has 1 aromatic carbocycles. The second kappa shape index (κ2) is 8.91. The number of anilines is 2. The summed E-state index contributed by atoms with van der Waals surface area (Å²) < 4.78 is 10.3. The Labute approximate surface area is 186 Å². The van der Waals surface area contributed by atoms with Crippen molar-refractivity contribution in [2.45, 2.75) is 32.9 Å². The van der Waals surface area contributed by atoms with Gasteiger partial charge in [0.25, 0.3) is 5.91 Å². The third kappa shape index (κ3) is 4.26. The van der Waals surface area contributed by atoms with Crippen LogP contribution in [0.5, 0.6) is 12.0 Å². The molecule has 168 valence electrons. The number of hydrogen-bond donors (Lipinski definition) is 2. The number of nitrogens with one attached hydrogen (secondary N) is 2. The van der Waals surface area contributed by atoms with E-state index >= 15 is 0 Å². The van der Waals surface area contributed by atoms with E-state index in [1.54, 1.807) is 19.2 Å². The lowest BCUT2D eigenvalue weighted by Gasteiger charge is -2.38. The molecule has 1 saturated heterocycles. The molecule has 2 atom stereocenters. The largest absolute Gasteiger partial charge is 0.467 e. The summed E-state index contributed by atoms with van der Waals surface area (Å²) in [7, 11) is 3.00. The van der Waals surface area contributed by atoms with Crippen molar-refractivity contribution in [2.24, 2.45) is 0 Å². The number of carbonyl (C=O) groups is 1.